The number of aromatic nitrogens is 3. The number of imidazole rings is 1. The van der Waals surface area contributed by atoms with E-state index < -0.39 is 0 Å². The van der Waals surface area contributed by atoms with Crippen LogP contribution in [0.15, 0.2) is 59.4 Å². The maximum atomic E-state index is 11.7. The Hall–Kier alpha value is -3.41. The van der Waals surface area contributed by atoms with Crippen molar-refractivity contribution < 1.29 is 9.32 Å². The second kappa shape index (κ2) is 5.56. The monoisotopic (exact) mass is 344 g/mol. The maximum absolute atomic E-state index is 11.7. The second-order valence-corrected chi connectivity index (χ2v) is 6.40. The number of rotatable bonds is 3. The molecular weight excluding hydrogens is 328 g/mol. The molecule has 0 aliphatic carbocycles. The molecule has 0 N–H and O–H groups in total. The van der Waals surface area contributed by atoms with Crippen LogP contribution in [0.2, 0.25) is 0 Å². The van der Waals surface area contributed by atoms with Crippen molar-refractivity contribution >= 4 is 17.2 Å². The van der Waals surface area contributed by atoms with Gasteiger partial charge in [0.25, 0.3) is 0 Å². The lowest BCUT2D eigenvalue weighted by molar-refractivity contribution is -0.122. The topological polar surface area (TPSA) is 63.6 Å². The van der Waals surface area contributed by atoms with Gasteiger partial charge in [0.05, 0.1) is 16.9 Å². The molecule has 1 aliphatic rings. The van der Waals surface area contributed by atoms with Crippen LogP contribution in [-0.2, 0) is 4.79 Å². The van der Waals surface area contributed by atoms with Gasteiger partial charge < -0.3 is 13.8 Å². The summed E-state index contributed by atoms with van der Waals surface area (Å²) in [5, 5.41) is 4.23. The number of pyridine rings is 1. The van der Waals surface area contributed by atoms with Crippen LogP contribution in [0.4, 0.5) is 5.69 Å². The Labute approximate surface area is 149 Å². The molecule has 0 unspecified atom stereocenters. The standard InChI is InChI=1S/C20H16N4O2/c1-13-19(20(22-26-13)14-5-3-2-4-6-14)16-12-23-11-15(7-8-17(23)21-16)24-10-9-18(24)25/h2-8,11-12H,9-10H2,1H3. The summed E-state index contributed by atoms with van der Waals surface area (Å²) < 4.78 is 7.39. The average molecular weight is 344 g/mol. The number of benzene rings is 1. The zero-order chi connectivity index (χ0) is 17.7. The smallest absolute Gasteiger partial charge is 0.228 e. The van der Waals surface area contributed by atoms with Crippen molar-refractivity contribution in [2.75, 3.05) is 11.4 Å². The lowest BCUT2D eigenvalue weighted by Gasteiger charge is -2.30. The first kappa shape index (κ1) is 14.9. The summed E-state index contributed by atoms with van der Waals surface area (Å²) in [4.78, 5) is 18.2. The average Bonchev–Trinajstić information content (AvgIpc) is 3.23. The second-order valence-electron chi connectivity index (χ2n) is 6.40. The first-order valence-corrected chi connectivity index (χ1v) is 8.52. The molecule has 4 heterocycles. The highest BCUT2D eigenvalue weighted by molar-refractivity contribution is 5.99. The summed E-state index contributed by atoms with van der Waals surface area (Å²) in [6, 6.07) is 13.8. The number of aryl methyl sites for hydroxylation is 1. The molecule has 0 radical (unpaired) electrons. The Morgan fingerprint density at radius 3 is 2.65 bits per heavy atom. The van der Waals surface area contributed by atoms with Crippen molar-refractivity contribution in [3.8, 4) is 22.5 Å². The van der Waals surface area contributed by atoms with Gasteiger partial charge in [0.1, 0.15) is 17.1 Å². The SMILES string of the molecule is Cc1onc(-c2ccccc2)c1-c1cn2cc(N3CCC3=O)ccc2n1. The van der Waals surface area contributed by atoms with Gasteiger partial charge in [-0.15, -0.1) is 0 Å². The number of fused-ring (bicyclic) bond motifs is 1. The van der Waals surface area contributed by atoms with Gasteiger partial charge in [-0.2, -0.15) is 0 Å². The summed E-state index contributed by atoms with van der Waals surface area (Å²) in [7, 11) is 0. The molecule has 0 atom stereocenters. The number of hydrogen-bond donors (Lipinski definition) is 0. The number of hydrogen-bond acceptors (Lipinski definition) is 4. The molecule has 1 aromatic carbocycles. The Morgan fingerprint density at radius 1 is 1.08 bits per heavy atom. The highest BCUT2D eigenvalue weighted by Gasteiger charge is 2.26. The molecule has 0 spiro atoms. The minimum atomic E-state index is 0.158. The predicted molar refractivity (Wildman–Crippen MR) is 97.8 cm³/mol. The Kier molecular flexibility index (Phi) is 3.18. The van der Waals surface area contributed by atoms with E-state index in [9.17, 15) is 4.79 Å². The number of anilines is 1. The molecule has 1 saturated heterocycles. The third-order valence-corrected chi connectivity index (χ3v) is 4.76. The molecule has 5 rings (SSSR count). The lowest BCUT2D eigenvalue weighted by Crippen LogP contribution is -2.43. The van der Waals surface area contributed by atoms with Crippen LogP contribution in [0.25, 0.3) is 28.2 Å². The van der Waals surface area contributed by atoms with Crippen LogP contribution < -0.4 is 4.90 Å². The highest BCUT2D eigenvalue weighted by atomic mass is 16.5. The van der Waals surface area contributed by atoms with E-state index in [1.54, 1.807) is 4.90 Å². The number of carbonyl (C=O) groups is 1. The summed E-state index contributed by atoms with van der Waals surface area (Å²) >= 11 is 0. The molecule has 4 aromatic rings. The molecule has 0 saturated carbocycles. The van der Waals surface area contributed by atoms with E-state index in [-0.39, 0.29) is 5.91 Å². The van der Waals surface area contributed by atoms with Crippen molar-refractivity contribution in [2.24, 2.45) is 0 Å². The van der Waals surface area contributed by atoms with Gasteiger partial charge in [0.15, 0.2) is 0 Å². The van der Waals surface area contributed by atoms with Gasteiger partial charge in [-0.1, -0.05) is 35.5 Å². The first-order chi connectivity index (χ1) is 12.7. The molecule has 128 valence electrons. The van der Waals surface area contributed by atoms with Gasteiger partial charge in [-0.25, -0.2) is 4.98 Å². The predicted octanol–water partition coefficient (Wildman–Crippen LogP) is 3.70. The number of carbonyl (C=O) groups excluding carboxylic acids is 1. The van der Waals surface area contributed by atoms with Gasteiger partial charge in [-0.05, 0) is 19.1 Å². The lowest BCUT2D eigenvalue weighted by atomic mass is 10.0. The number of amides is 1. The van der Waals surface area contributed by atoms with Crippen molar-refractivity contribution in [2.45, 2.75) is 13.3 Å². The Morgan fingerprint density at radius 2 is 1.92 bits per heavy atom. The van der Waals surface area contributed by atoms with Gasteiger partial charge >= 0.3 is 0 Å². The van der Waals surface area contributed by atoms with E-state index in [1.165, 1.54) is 0 Å². The summed E-state index contributed by atoms with van der Waals surface area (Å²) in [6.07, 6.45) is 4.51. The van der Waals surface area contributed by atoms with Crippen molar-refractivity contribution in [3.63, 3.8) is 0 Å². The molecule has 6 nitrogen and oxygen atoms in total. The van der Waals surface area contributed by atoms with Gasteiger partial charge in [0, 0.05) is 30.9 Å². The zero-order valence-electron chi connectivity index (χ0n) is 14.2. The van der Waals surface area contributed by atoms with Crippen molar-refractivity contribution in [3.05, 3.63) is 60.6 Å². The normalized spacial score (nSPS) is 14.0. The van der Waals surface area contributed by atoms with E-state index in [0.717, 1.165) is 46.2 Å². The molecule has 6 heteroatoms. The zero-order valence-corrected chi connectivity index (χ0v) is 14.2. The van der Waals surface area contributed by atoms with Crippen LogP contribution in [0.5, 0.6) is 0 Å². The molecule has 1 amide bonds. The summed E-state index contributed by atoms with van der Waals surface area (Å²) in [6.45, 7) is 2.66. The van der Waals surface area contributed by atoms with Gasteiger partial charge in [-0.3, -0.25) is 4.79 Å². The van der Waals surface area contributed by atoms with E-state index in [2.05, 4.69) is 5.16 Å². The first-order valence-electron chi connectivity index (χ1n) is 8.52. The largest absolute Gasteiger partial charge is 0.360 e. The fourth-order valence-corrected chi connectivity index (χ4v) is 3.32. The highest BCUT2D eigenvalue weighted by Crippen LogP contribution is 2.34. The molecule has 1 aliphatic heterocycles. The Balaban J connectivity index is 1.62. The van der Waals surface area contributed by atoms with Crippen LogP contribution in [0.1, 0.15) is 12.2 Å². The molecule has 0 bridgehead atoms. The van der Waals surface area contributed by atoms with Crippen LogP contribution >= 0.6 is 0 Å². The summed E-state index contributed by atoms with van der Waals surface area (Å²) in [5.74, 6) is 0.885. The van der Waals surface area contributed by atoms with E-state index in [0.29, 0.717) is 6.42 Å². The Bertz CT molecular complexity index is 1130. The quantitative estimate of drug-likeness (QED) is 0.532. The van der Waals surface area contributed by atoms with Crippen LogP contribution in [0, 0.1) is 6.92 Å². The fraction of sp³-hybridized carbons (Fsp3) is 0.150. The molecule has 26 heavy (non-hydrogen) atoms. The van der Waals surface area contributed by atoms with E-state index in [4.69, 9.17) is 9.51 Å². The minimum Gasteiger partial charge on any atom is -0.360 e. The summed E-state index contributed by atoms with van der Waals surface area (Å²) in [5.41, 5.74) is 5.17. The maximum Gasteiger partial charge on any atom is 0.228 e. The van der Waals surface area contributed by atoms with Gasteiger partial charge in [0.2, 0.25) is 5.91 Å². The molecule has 1 fully saturated rings. The molecular formula is C20H16N4O2. The van der Waals surface area contributed by atoms with E-state index >= 15 is 0 Å². The third-order valence-electron chi connectivity index (χ3n) is 4.76. The minimum absolute atomic E-state index is 0.158. The van der Waals surface area contributed by atoms with Crippen molar-refractivity contribution in [1.29, 1.82) is 0 Å². The third kappa shape index (κ3) is 2.23. The fourth-order valence-electron chi connectivity index (χ4n) is 3.32. The van der Waals surface area contributed by atoms with Crippen LogP contribution in [-0.4, -0.2) is 27.0 Å². The van der Waals surface area contributed by atoms with E-state index in [1.807, 2.05) is 66.2 Å². The molecule has 3 aromatic heterocycles. The number of nitrogens with zero attached hydrogens (tertiary/aromatic N) is 4. The van der Waals surface area contributed by atoms with Crippen molar-refractivity contribution in [1.82, 2.24) is 14.5 Å². The van der Waals surface area contributed by atoms with Crippen LogP contribution in [0.3, 0.4) is 0 Å². The number of β-lactam (4-membered cyclic amide) rings is 1.